The van der Waals surface area contributed by atoms with E-state index in [1.165, 1.54) is 0 Å². The van der Waals surface area contributed by atoms with E-state index in [-0.39, 0.29) is 6.61 Å². The minimum absolute atomic E-state index is 0.00372. The molecule has 38 heavy (non-hydrogen) atoms. The quantitative estimate of drug-likeness (QED) is 0.321. The molecule has 216 valence electrons. The topological polar surface area (TPSA) is 191 Å². The molecular weight excluding hydrogens is 622 g/mol. The van der Waals surface area contributed by atoms with Gasteiger partial charge >= 0.3 is 24.7 Å². The Morgan fingerprint density at radius 1 is 0.816 bits per heavy atom. The molecule has 12 nitrogen and oxygen atoms in total. The molecule has 0 saturated carbocycles. The van der Waals surface area contributed by atoms with Crippen LogP contribution in [0.5, 0.6) is 11.5 Å². The smallest absolute Gasteiger partial charge is 0.465 e. The van der Waals surface area contributed by atoms with Gasteiger partial charge < -0.3 is 18.9 Å². The van der Waals surface area contributed by atoms with Crippen LogP contribution in [-0.2, 0) is 29.5 Å². The van der Waals surface area contributed by atoms with Crippen molar-refractivity contribution in [3.63, 3.8) is 0 Å². The molecular formula is C16H16F6N2O10S4. The first-order chi connectivity index (χ1) is 17.1. The molecule has 0 aliphatic rings. The van der Waals surface area contributed by atoms with Crippen LogP contribution in [0.3, 0.4) is 0 Å². The fraction of sp³-hybridized carbons (Fsp3) is 0.375. The summed E-state index contributed by atoms with van der Waals surface area (Å²) in [4.78, 5) is 19.6. The number of rotatable bonds is 8. The average Bonchev–Trinajstić information content (AvgIpc) is 3.33. The summed E-state index contributed by atoms with van der Waals surface area (Å²) in [5, 5.41) is 11.0. The number of hydrogen-bond acceptors (Lipinski definition) is 12. The van der Waals surface area contributed by atoms with Gasteiger partial charge in [0, 0.05) is 10.8 Å². The van der Waals surface area contributed by atoms with Gasteiger partial charge in [-0.25, -0.2) is 36.7 Å². The summed E-state index contributed by atoms with van der Waals surface area (Å²) in [6, 6.07) is 0. The Balaban J connectivity index is 0.000000382. The third-order valence-corrected chi connectivity index (χ3v) is 7.53. The van der Waals surface area contributed by atoms with Gasteiger partial charge in [0.15, 0.2) is 11.5 Å². The molecule has 0 bridgehead atoms. The van der Waals surface area contributed by atoms with Crippen LogP contribution in [-0.4, -0.2) is 55.2 Å². The van der Waals surface area contributed by atoms with Crippen molar-refractivity contribution in [1.82, 2.24) is 0 Å². The van der Waals surface area contributed by atoms with Gasteiger partial charge in [-0.05, 0) is 6.42 Å². The van der Waals surface area contributed by atoms with E-state index in [0.29, 0.717) is 34.5 Å². The molecule has 4 N–H and O–H groups in total. The second-order valence-corrected chi connectivity index (χ2v) is 11.1. The number of carbonyl (C=O) groups is 2. The fourth-order valence-corrected chi connectivity index (χ4v) is 6.34. The van der Waals surface area contributed by atoms with Crippen LogP contribution < -0.4 is 19.8 Å². The minimum atomic E-state index is -5.11. The van der Waals surface area contributed by atoms with Crippen molar-refractivity contribution in [2.75, 3.05) is 13.7 Å². The molecule has 0 aliphatic heterocycles. The number of alkyl halides is 6. The minimum Gasteiger partial charge on any atom is -0.465 e. The summed E-state index contributed by atoms with van der Waals surface area (Å²) in [7, 11) is -8.20. The standard InChI is InChI=1S/C9H10F3NO5S2.C7H6F3NO5S2/c1-2-3-17-8(14)6-7(20(13,15)16)5(4-19-6)18-9(10,11)12;1-15-6(12)4-5(18(11,13)14)3(2-17-4)16-7(8,9)10/h4H,2-3H2,1H3,(H2,13,15,16);2H,1H3,(H2,11,13,14). The van der Waals surface area contributed by atoms with Crippen LogP contribution in [0.4, 0.5) is 26.3 Å². The number of primary sulfonamides is 2. The van der Waals surface area contributed by atoms with Gasteiger partial charge in [-0.2, -0.15) is 0 Å². The van der Waals surface area contributed by atoms with Crippen molar-refractivity contribution in [1.29, 1.82) is 0 Å². The number of hydrogen-bond donors (Lipinski definition) is 2. The lowest BCUT2D eigenvalue weighted by Gasteiger charge is -2.09. The maximum absolute atomic E-state index is 12.2. The van der Waals surface area contributed by atoms with Crippen LogP contribution >= 0.6 is 22.7 Å². The van der Waals surface area contributed by atoms with E-state index in [4.69, 9.17) is 10.3 Å². The zero-order chi connectivity index (χ0) is 29.7. The first-order valence-corrected chi connectivity index (χ1v) is 14.0. The van der Waals surface area contributed by atoms with Crippen molar-refractivity contribution >= 4 is 54.7 Å². The van der Waals surface area contributed by atoms with E-state index in [1.807, 2.05) is 0 Å². The van der Waals surface area contributed by atoms with Gasteiger partial charge in [0.2, 0.25) is 20.0 Å². The first-order valence-electron chi connectivity index (χ1n) is 9.17. The van der Waals surface area contributed by atoms with Gasteiger partial charge in [0.1, 0.15) is 19.5 Å². The molecule has 0 aliphatic carbocycles. The molecule has 2 heterocycles. The second-order valence-electron chi connectivity index (χ2n) is 6.33. The Labute approximate surface area is 218 Å². The largest absolute Gasteiger partial charge is 0.573 e. The highest BCUT2D eigenvalue weighted by Crippen LogP contribution is 2.37. The van der Waals surface area contributed by atoms with Crippen LogP contribution in [0.1, 0.15) is 32.7 Å². The van der Waals surface area contributed by atoms with Gasteiger partial charge in [-0.1, -0.05) is 6.92 Å². The van der Waals surface area contributed by atoms with Crippen molar-refractivity contribution in [3.05, 3.63) is 20.5 Å². The molecule has 0 fully saturated rings. The Hall–Kier alpha value is -2.66. The highest BCUT2D eigenvalue weighted by Gasteiger charge is 2.38. The predicted molar refractivity (Wildman–Crippen MR) is 117 cm³/mol. The van der Waals surface area contributed by atoms with E-state index < -0.39 is 75.8 Å². The molecule has 2 rings (SSSR count). The zero-order valence-electron chi connectivity index (χ0n) is 18.7. The highest BCUT2D eigenvalue weighted by molar-refractivity contribution is 7.89. The van der Waals surface area contributed by atoms with E-state index in [1.54, 1.807) is 6.92 Å². The molecule has 0 spiro atoms. The van der Waals surface area contributed by atoms with Gasteiger partial charge in [-0.3, -0.25) is 0 Å². The first kappa shape index (κ1) is 33.4. The molecule has 2 aromatic heterocycles. The fourth-order valence-electron chi connectivity index (χ4n) is 2.23. The van der Waals surface area contributed by atoms with E-state index >= 15 is 0 Å². The Kier molecular flexibility index (Phi) is 10.9. The van der Waals surface area contributed by atoms with Crippen molar-refractivity contribution in [2.45, 2.75) is 35.9 Å². The number of ether oxygens (including phenoxy) is 4. The lowest BCUT2D eigenvalue weighted by atomic mass is 10.4. The third kappa shape index (κ3) is 9.90. The van der Waals surface area contributed by atoms with E-state index in [2.05, 4.69) is 18.9 Å². The number of esters is 2. The monoisotopic (exact) mass is 638 g/mol. The molecule has 0 radical (unpaired) electrons. The number of thiophene rings is 2. The summed E-state index contributed by atoms with van der Waals surface area (Å²) in [5.74, 6) is -4.30. The maximum Gasteiger partial charge on any atom is 0.573 e. The van der Waals surface area contributed by atoms with E-state index in [0.717, 1.165) is 12.5 Å². The highest BCUT2D eigenvalue weighted by atomic mass is 32.2. The number of carbonyl (C=O) groups excluding carboxylic acids is 2. The number of nitrogens with two attached hydrogens (primary N) is 2. The SMILES string of the molecule is CCCOC(=O)c1scc(OC(F)(F)F)c1S(N)(=O)=O.COC(=O)c1scc(OC(F)(F)F)c1S(N)(=O)=O. The van der Waals surface area contributed by atoms with E-state index in [9.17, 15) is 52.8 Å². The average molecular weight is 639 g/mol. The molecule has 0 aromatic carbocycles. The second kappa shape index (κ2) is 12.5. The maximum atomic E-state index is 12.2. The Bertz CT molecular complexity index is 1360. The Morgan fingerprint density at radius 2 is 1.18 bits per heavy atom. The molecule has 0 saturated heterocycles. The molecule has 0 amide bonds. The van der Waals surface area contributed by atoms with Crippen LogP contribution in [0, 0.1) is 0 Å². The van der Waals surface area contributed by atoms with Crippen LogP contribution in [0.15, 0.2) is 20.6 Å². The summed E-state index contributed by atoms with van der Waals surface area (Å²) in [5.41, 5.74) is 0. The molecule has 0 atom stereocenters. The lowest BCUT2D eigenvalue weighted by Crippen LogP contribution is -2.21. The summed E-state index contributed by atoms with van der Waals surface area (Å²) in [6.45, 7) is 1.69. The molecule has 22 heteroatoms. The van der Waals surface area contributed by atoms with Crippen molar-refractivity contribution in [2.24, 2.45) is 10.3 Å². The summed E-state index contributed by atoms with van der Waals surface area (Å²) in [6.07, 6.45) is -9.74. The number of methoxy groups -OCH3 is 1. The normalized spacial score (nSPS) is 12.3. The molecule has 0 unspecified atom stereocenters. The zero-order valence-corrected chi connectivity index (χ0v) is 22.0. The summed E-state index contributed by atoms with van der Waals surface area (Å²) < 4.78 is 133. The van der Waals surface area contributed by atoms with Gasteiger partial charge in [-0.15, -0.1) is 49.0 Å². The Morgan fingerprint density at radius 3 is 1.47 bits per heavy atom. The van der Waals surface area contributed by atoms with Crippen LogP contribution in [0.25, 0.3) is 0 Å². The van der Waals surface area contributed by atoms with Crippen molar-refractivity contribution < 1.29 is 71.7 Å². The summed E-state index contributed by atoms with van der Waals surface area (Å²) >= 11 is 0.861. The van der Waals surface area contributed by atoms with Gasteiger partial charge in [0.05, 0.1) is 13.7 Å². The third-order valence-electron chi connectivity index (χ3n) is 3.44. The predicted octanol–water partition coefficient (Wildman–Crippen LogP) is 2.94. The number of halogens is 6. The number of sulfonamides is 2. The van der Waals surface area contributed by atoms with Gasteiger partial charge in [0.25, 0.3) is 0 Å². The van der Waals surface area contributed by atoms with Crippen LogP contribution in [0.2, 0.25) is 0 Å². The lowest BCUT2D eigenvalue weighted by molar-refractivity contribution is -0.276. The molecule has 2 aromatic rings. The van der Waals surface area contributed by atoms with Crippen molar-refractivity contribution in [3.8, 4) is 11.5 Å².